The van der Waals surface area contributed by atoms with Gasteiger partial charge in [-0.2, -0.15) is 0 Å². The number of ketones is 1. The fraction of sp³-hybridized carbons (Fsp3) is 0.778. The smallest absolute Gasteiger partial charge is 0.306 e. The summed E-state index contributed by atoms with van der Waals surface area (Å²) < 4.78 is 5.74. The van der Waals surface area contributed by atoms with Crippen LogP contribution >= 0.6 is 11.3 Å². The summed E-state index contributed by atoms with van der Waals surface area (Å²) in [6.07, 6.45) is 7.05. The van der Waals surface area contributed by atoms with Crippen LogP contribution in [-0.2, 0) is 23.9 Å². The van der Waals surface area contributed by atoms with Gasteiger partial charge in [0.15, 0.2) is 11.9 Å². The molecule has 73 heteroatoms. The molecular formula is C36H58N4O7STb61. The second-order valence-electron chi connectivity index (χ2n) is 14.4. The van der Waals surface area contributed by atoms with Crippen molar-refractivity contribution < 1.29 is 2390 Å². The molecule has 1 saturated carbocycles. The molecule has 2 fully saturated rings. The van der Waals surface area contributed by atoms with Crippen LogP contribution in [0.3, 0.4) is 0 Å². The topological polar surface area (TPSA) is 146 Å². The molecule has 819 valence electrons. The fourth-order valence-electron chi connectivity index (χ4n) is 7.15. The summed E-state index contributed by atoms with van der Waals surface area (Å²) in [6.45, 7) is 13.3. The first kappa shape index (κ1) is 394. The van der Waals surface area contributed by atoms with Gasteiger partial charge in [0.2, 0.25) is 5.91 Å². The summed E-state index contributed by atoms with van der Waals surface area (Å²) in [4.78, 5) is 73.0. The predicted octanol–water partition coefficient (Wildman–Crippen LogP) is 5.88. The number of aromatic nitrogens is 1. The van der Waals surface area contributed by atoms with Crippen LogP contribution in [0.25, 0.3) is 0 Å². The van der Waals surface area contributed by atoms with Crippen molar-refractivity contribution in [1.29, 1.82) is 0 Å². The number of carbonyl (C=O) groups is 5. The maximum absolute atomic E-state index is 14.1. The Kier molecular flexibility index (Phi) is 1060. The number of hydrogen-bond donors (Lipinski definition) is 2. The van der Waals surface area contributed by atoms with Gasteiger partial charge in [0.25, 0.3) is 5.91 Å². The van der Waals surface area contributed by atoms with Crippen molar-refractivity contribution in [2.24, 2.45) is 23.7 Å². The van der Waals surface area contributed by atoms with Gasteiger partial charge in [0.05, 0.1) is 12.0 Å². The van der Waals surface area contributed by atoms with Crippen LogP contribution in [0, 0.1) is 2380 Å². The van der Waals surface area contributed by atoms with E-state index in [0.29, 0.717) is 37.1 Å². The molecule has 0 aromatic carbocycles. The largest absolute Gasteiger partial charge is 0.481 e. The molecule has 109 heavy (non-hydrogen) atoms. The van der Waals surface area contributed by atoms with Gasteiger partial charge in [0.1, 0.15) is 10.7 Å². The number of unbranched alkanes of at least 4 members (excludes halogenated alkanes) is 1. The Hall–Kier alpha value is 75.6. The van der Waals surface area contributed by atoms with Crippen LogP contribution in [0.4, 0.5) is 0 Å². The Bertz CT molecular complexity index is 1350. The number of hydrogen-bond acceptors (Lipinski definition) is 9. The van der Waals surface area contributed by atoms with Crippen molar-refractivity contribution >= 4 is 40.9 Å². The maximum atomic E-state index is 14.1. The van der Waals surface area contributed by atoms with Gasteiger partial charge in [-0.1, -0.05) is 47.5 Å². The third kappa shape index (κ3) is 232. The molecule has 2 aliphatic rings. The number of aliphatic carboxylic acids is 1. The number of Topliss-reactive ketones (excluding diaryl/α,β-unsaturated/α-hetero) is 1. The summed E-state index contributed by atoms with van der Waals surface area (Å²) in [5.74, 6) is -2.44. The molecule has 1 aromatic heterocycles. The third-order valence-electron chi connectivity index (χ3n) is 10.1. The van der Waals surface area contributed by atoms with E-state index < -0.39 is 24.0 Å². The Labute approximate surface area is 2540 Å². The van der Waals surface area contributed by atoms with Crippen LogP contribution in [0.2, 0.25) is 0 Å². The maximum Gasteiger partial charge on any atom is 0.306 e. The number of carboxylic acids is 1. The minimum Gasteiger partial charge on any atom is -0.481 e. The van der Waals surface area contributed by atoms with E-state index in [0.717, 1.165) is 45.2 Å². The van der Waals surface area contributed by atoms with Gasteiger partial charge in [-0.05, 0) is 69.9 Å². The van der Waals surface area contributed by atoms with Crippen molar-refractivity contribution in [3.8, 4) is 0 Å². The van der Waals surface area contributed by atoms with E-state index in [9.17, 15) is 29.1 Å². The monoisotopic (exact) mass is 10400 g/mol. The van der Waals surface area contributed by atoms with E-state index in [-0.39, 0.29) is 2420 Å². The molecule has 1 saturated heterocycles. The minimum atomic E-state index is -0.797. The number of rotatable bonds is 17. The molecule has 2 amide bonds. The standard InChI is InChI=1S/C36H58N4O7S.61Tb/c1-8-9-17-40-18-11-10-12-29(40)31(42)19-27(22(2)3)35(44)39(7)30(23(4)5)20-32(47-24(6)41)34-38-28(21-48-34)33(43)37-26-15-13-25(14-16-26)36(45)46;;;;;;;;;;;;;;;;;;;;;;;;;;;;;;;;;;;;;;;;;;;;;;;;;;;;;;;;;;;;;/h21-23,25-27,29-30,32H,8-20H2,1-7H3,(H,37,43)(H,45,46);;;;;;;;;;;;;;;;;;;;;;;;;;;;;;;;;;;;;;;;;;;;;;;;;;;;;;;;;;;;;/t25?,26?,27-,29+,30+,32+;;;;;;;;;;;;;;;;;;;;;;;;;;;;;;;;;;;;;;;;;;;;;;;;;;;;;;;;;;;;;/m0............................................................./s1. The van der Waals surface area contributed by atoms with E-state index in [1.807, 2.05) is 27.7 Å². The number of piperidine rings is 1. The first-order valence-electron chi connectivity index (χ1n) is 17.9. The Balaban J connectivity index is -0.00000000719. The summed E-state index contributed by atoms with van der Waals surface area (Å²) in [5, 5.41) is 14.3. The van der Waals surface area contributed by atoms with Crippen molar-refractivity contribution in [3.05, 3.63) is 16.1 Å². The fourth-order valence-corrected chi connectivity index (χ4v) is 7.99. The average Bonchev–Trinajstić information content (AvgIpc) is 3.54. The van der Waals surface area contributed by atoms with Gasteiger partial charge < -0.3 is 20.1 Å². The van der Waals surface area contributed by atoms with Crippen LogP contribution < -0.4 is 5.32 Å². The van der Waals surface area contributed by atoms with Gasteiger partial charge in [-0.25, -0.2) is 4.98 Å². The predicted molar refractivity (Wildman–Crippen MR) is 186 cm³/mol. The van der Waals surface area contributed by atoms with E-state index in [4.69, 9.17) is 4.74 Å². The molecule has 3 rings (SSSR count). The minimum absolute atomic E-state index is 0. The molecule has 2 heterocycles. The van der Waals surface area contributed by atoms with Crippen molar-refractivity contribution in [3.63, 3.8) is 0 Å². The summed E-state index contributed by atoms with van der Waals surface area (Å²) >= 11 is 1.23. The molecule has 11 nitrogen and oxygen atoms in total. The average molecular weight is 10400 g/mol. The zero-order valence-corrected chi connectivity index (χ0v) is 182. The number of carboxylic acid groups (broad SMARTS) is 1. The van der Waals surface area contributed by atoms with Gasteiger partial charge >= 0.3 is 11.9 Å². The molecule has 1 aromatic rings. The second kappa shape index (κ2) is 293. The van der Waals surface area contributed by atoms with E-state index in [1.165, 1.54) is 18.3 Å². The van der Waals surface area contributed by atoms with E-state index in [1.54, 1.807) is 17.3 Å². The van der Waals surface area contributed by atoms with Crippen LogP contribution in [0.15, 0.2) is 5.38 Å². The molecule has 4 atom stereocenters. The number of nitrogens with zero attached hydrogens (tertiary/aromatic N) is 3. The van der Waals surface area contributed by atoms with Crippen molar-refractivity contribution in [2.45, 2.75) is 136 Å². The first-order valence-corrected chi connectivity index (χ1v) is 18.8. The first-order chi connectivity index (χ1) is 22.7. The molecule has 1 aliphatic carbocycles. The van der Waals surface area contributed by atoms with Gasteiger partial charge in [-0.15, -0.1) is 11.3 Å². The quantitative estimate of drug-likeness (QED) is 0.183. The molecule has 61 radical (unpaired) electrons. The number of carbonyl (C=O) groups excluding carboxylic acids is 4. The van der Waals surface area contributed by atoms with Crippen LogP contribution in [0.1, 0.15) is 134 Å². The summed E-state index contributed by atoms with van der Waals surface area (Å²) in [7, 11) is 1.77. The van der Waals surface area contributed by atoms with Gasteiger partial charge in [0, 0.05) is 2410 Å². The number of esters is 1. The molecule has 0 bridgehead atoms. The van der Waals surface area contributed by atoms with Crippen molar-refractivity contribution in [1.82, 2.24) is 20.1 Å². The number of nitrogens with one attached hydrogen (secondary N) is 1. The molecular weight excluding hydrogens is 10300 g/mol. The Morgan fingerprint density at radius 3 is 1.04 bits per heavy atom. The molecule has 0 unspecified atom stereocenters. The van der Waals surface area contributed by atoms with E-state index >= 15 is 0 Å². The molecule has 0 spiro atoms. The van der Waals surface area contributed by atoms with Crippen LogP contribution in [-0.4, -0.2) is 87.7 Å². The summed E-state index contributed by atoms with van der Waals surface area (Å²) in [6, 6.07) is -0.569. The van der Waals surface area contributed by atoms with Crippen LogP contribution in [0.5, 0.6) is 0 Å². The Morgan fingerprint density at radius 2 is 0.780 bits per heavy atom. The normalized spacial score (nSPS) is 9.75. The zero-order chi connectivity index (χ0) is 35.5. The molecule has 2 N–H and O–H groups in total. The number of amides is 2. The zero-order valence-electron chi connectivity index (χ0n) is 50.4. The Morgan fingerprint density at radius 1 is 0.477 bits per heavy atom. The van der Waals surface area contributed by atoms with Gasteiger partial charge in [-0.3, -0.25) is 28.9 Å². The summed E-state index contributed by atoms with van der Waals surface area (Å²) in [5.41, 5.74) is 0.215. The number of thiazole rings is 1. The SMILES string of the molecule is CCCCN1CCCC[C@@H]1C(=O)C[C@H](C(=O)N(C)[C@H](C[C@@H](OC(C)=O)c1nc(C(=O)NC2CCC(C(=O)O)CC2)cs1)C(C)C)C(C)C.[Tb].[Tb].[Tb].[Tb].[Tb].[Tb].[Tb].[Tb].[Tb].[Tb].[Tb].[Tb].[Tb].[Tb].[Tb].[Tb].[Tb].[Tb].[Tb].[Tb].[Tb].[Tb].[Tb].[Tb].[Tb].[Tb].[Tb].[Tb].[Tb].[Tb].[Tb].[Tb].[Tb].[Tb].[Tb].[Tb].[Tb].[Tb].[Tb].[Tb].[Tb].[Tb].[Tb].[Tb].[Tb].[Tb].[Tb].[Tb].[Tb].[Tb].[Tb].[Tb].[Tb].[Tb].[Tb].[Tb].[Tb].[Tb].[Tb].[Tb].[Tb]. The van der Waals surface area contributed by atoms with E-state index in [2.05, 4.69) is 22.1 Å². The number of ether oxygens (including phenoxy) is 1. The van der Waals surface area contributed by atoms with Crippen molar-refractivity contribution in [2.75, 3.05) is 20.1 Å². The molecule has 1 aliphatic heterocycles. The second-order valence-corrected chi connectivity index (χ2v) is 15.3. The number of likely N-dealkylation sites (tertiary alicyclic amines) is 1. The third-order valence-corrected chi connectivity index (χ3v) is 11.1.